The van der Waals surface area contributed by atoms with Crippen molar-refractivity contribution in [3.8, 4) is 5.75 Å². The summed E-state index contributed by atoms with van der Waals surface area (Å²) in [6, 6.07) is 15.9. The number of esters is 1. The summed E-state index contributed by atoms with van der Waals surface area (Å²) in [7, 11) is 4.75. The molecule has 0 bridgehead atoms. The van der Waals surface area contributed by atoms with Gasteiger partial charge in [0.05, 0.1) is 19.8 Å². The van der Waals surface area contributed by atoms with Crippen molar-refractivity contribution in [2.75, 3.05) is 27.8 Å². The lowest BCUT2D eigenvalue weighted by Crippen LogP contribution is -2.43. The maximum Gasteiger partial charge on any atom is 0.408 e. The first kappa shape index (κ1) is 32.4. The molecule has 1 amide bonds. The van der Waals surface area contributed by atoms with Gasteiger partial charge in [-0.2, -0.15) is 0 Å². The molecule has 0 spiro atoms. The average Bonchev–Trinajstić information content (AvgIpc) is 2.95. The molecule has 10 nitrogen and oxygen atoms in total. The first-order valence-corrected chi connectivity index (χ1v) is 13.4. The topological polar surface area (TPSA) is 120 Å². The number of carbonyl (C=O) groups excluding carboxylic acids is 2. The number of nitrogens with zero attached hydrogens (tertiary/aromatic N) is 1. The van der Waals surface area contributed by atoms with Gasteiger partial charge >= 0.3 is 12.1 Å². The maximum atomic E-state index is 12.3. The van der Waals surface area contributed by atoms with E-state index in [4.69, 9.17) is 19.0 Å². The Labute approximate surface area is 237 Å². The lowest BCUT2D eigenvalue weighted by atomic mass is 9.79. The number of rotatable bonds is 14. The highest BCUT2D eigenvalue weighted by Gasteiger charge is 2.30. The maximum absolute atomic E-state index is 12.3. The molecule has 0 aliphatic rings. The molecule has 2 aromatic carbocycles. The van der Waals surface area contributed by atoms with Gasteiger partial charge in [-0.1, -0.05) is 63.2 Å². The summed E-state index contributed by atoms with van der Waals surface area (Å²) >= 11 is 0. The largest absolute Gasteiger partial charge is 0.493 e. The molecule has 0 aliphatic carbocycles. The average molecular weight is 557 g/mol. The number of nitrogens with one attached hydrogen (secondary N) is 3. The highest BCUT2D eigenvalue weighted by atomic mass is 16.7. The van der Waals surface area contributed by atoms with Crippen molar-refractivity contribution in [2.24, 2.45) is 16.3 Å². The van der Waals surface area contributed by atoms with Gasteiger partial charge in [-0.25, -0.2) is 15.1 Å². The molecular weight excluding hydrogens is 512 g/mol. The molecule has 2 aromatic rings. The van der Waals surface area contributed by atoms with E-state index in [9.17, 15) is 9.59 Å². The Morgan fingerprint density at radius 3 is 2.27 bits per heavy atom. The molecule has 220 valence electrons. The molecule has 0 radical (unpaired) electrons. The molecule has 0 saturated carbocycles. The van der Waals surface area contributed by atoms with Crippen LogP contribution in [0.2, 0.25) is 0 Å². The number of amides is 1. The van der Waals surface area contributed by atoms with Gasteiger partial charge in [0.25, 0.3) is 0 Å². The Morgan fingerprint density at radius 1 is 1.00 bits per heavy atom. The molecule has 2 unspecified atom stereocenters. The van der Waals surface area contributed by atoms with Crippen LogP contribution >= 0.6 is 0 Å². The smallest absolute Gasteiger partial charge is 0.408 e. The SMILES string of the molecule is CN=C(NC)NOC(C)C(C)(C)CC(C)COc1ccc(C[C@H](NC(=O)OCc2ccccc2)C(=O)OC)cc1. The highest BCUT2D eigenvalue weighted by molar-refractivity contribution is 5.81. The fourth-order valence-corrected chi connectivity index (χ4v) is 4.07. The van der Waals surface area contributed by atoms with Gasteiger partial charge < -0.3 is 24.8 Å². The van der Waals surface area contributed by atoms with Gasteiger partial charge in [0.1, 0.15) is 18.4 Å². The van der Waals surface area contributed by atoms with Crippen LogP contribution in [0.3, 0.4) is 0 Å². The number of methoxy groups -OCH3 is 1. The third-order valence-electron chi connectivity index (χ3n) is 6.66. The number of aliphatic imine (C=N–C) groups is 1. The van der Waals surface area contributed by atoms with Crippen LogP contribution in [0.25, 0.3) is 0 Å². The fraction of sp³-hybridized carbons (Fsp3) is 0.500. The third kappa shape index (κ3) is 11.1. The summed E-state index contributed by atoms with van der Waals surface area (Å²) < 4.78 is 16.2. The van der Waals surface area contributed by atoms with E-state index in [0.29, 0.717) is 12.6 Å². The second kappa shape index (κ2) is 16.3. The summed E-state index contributed by atoms with van der Waals surface area (Å²) in [4.78, 5) is 34.4. The number of hydrogen-bond acceptors (Lipinski definition) is 7. The van der Waals surface area contributed by atoms with Crippen molar-refractivity contribution < 1.29 is 28.6 Å². The minimum absolute atomic E-state index is 0.0636. The number of ether oxygens (including phenoxy) is 3. The summed E-state index contributed by atoms with van der Waals surface area (Å²) in [5.74, 6) is 1.02. The molecule has 0 heterocycles. The van der Waals surface area contributed by atoms with E-state index in [0.717, 1.165) is 23.3 Å². The number of hydroxylamine groups is 1. The zero-order valence-electron chi connectivity index (χ0n) is 24.7. The van der Waals surface area contributed by atoms with Crippen LogP contribution in [0.4, 0.5) is 4.79 Å². The Kier molecular flexibility index (Phi) is 13.2. The van der Waals surface area contributed by atoms with Gasteiger partial charge in [0, 0.05) is 20.5 Å². The first-order valence-electron chi connectivity index (χ1n) is 13.4. The van der Waals surface area contributed by atoms with Crippen LogP contribution in [-0.4, -0.2) is 58.0 Å². The quantitative estimate of drug-likeness (QED) is 0.137. The normalized spacial score (nSPS) is 13.9. The van der Waals surface area contributed by atoms with Crippen molar-refractivity contribution in [1.29, 1.82) is 0 Å². The molecule has 3 atom stereocenters. The molecule has 0 fully saturated rings. The second-order valence-electron chi connectivity index (χ2n) is 10.4. The van der Waals surface area contributed by atoms with Crippen LogP contribution in [0.5, 0.6) is 5.75 Å². The summed E-state index contributed by atoms with van der Waals surface area (Å²) in [5.41, 5.74) is 4.45. The number of hydrogen-bond donors (Lipinski definition) is 3. The number of alkyl carbamates (subject to hydrolysis) is 1. The minimum atomic E-state index is -0.881. The summed E-state index contributed by atoms with van der Waals surface area (Å²) in [6.07, 6.45) is 0.389. The second-order valence-corrected chi connectivity index (χ2v) is 10.4. The summed E-state index contributed by atoms with van der Waals surface area (Å²) in [6.45, 7) is 9.15. The Morgan fingerprint density at radius 2 is 1.68 bits per heavy atom. The Balaban J connectivity index is 1.85. The predicted molar refractivity (Wildman–Crippen MR) is 155 cm³/mol. The number of carbonyl (C=O) groups is 2. The van der Waals surface area contributed by atoms with Crippen molar-refractivity contribution in [3.05, 3.63) is 65.7 Å². The van der Waals surface area contributed by atoms with E-state index < -0.39 is 18.1 Å². The first-order chi connectivity index (χ1) is 19.1. The molecule has 0 saturated heterocycles. The highest BCUT2D eigenvalue weighted by Crippen LogP contribution is 2.31. The molecule has 3 N–H and O–H groups in total. The van der Waals surface area contributed by atoms with Crippen LogP contribution in [-0.2, 0) is 32.1 Å². The van der Waals surface area contributed by atoms with E-state index in [-0.39, 0.29) is 30.5 Å². The zero-order valence-corrected chi connectivity index (χ0v) is 24.7. The number of guanidine groups is 1. The monoisotopic (exact) mass is 556 g/mol. The fourth-order valence-electron chi connectivity index (χ4n) is 4.07. The van der Waals surface area contributed by atoms with Gasteiger partial charge in [0.2, 0.25) is 5.96 Å². The van der Waals surface area contributed by atoms with Gasteiger partial charge in [-0.15, -0.1) is 0 Å². The molecule has 40 heavy (non-hydrogen) atoms. The van der Waals surface area contributed by atoms with Crippen molar-refractivity contribution >= 4 is 18.0 Å². The van der Waals surface area contributed by atoms with Crippen LogP contribution in [0.1, 0.15) is 45.2 Å². The van der Waals surface area contributed by atoms with E-state index in [2.05, 4.69) is 41.9 Å². The Bertz CT molecular complexity index is 1080. The van der Waals surface area contributed by atoms with Crippen molar-refractivity contribution in [2.45, 2.75) is 59.3 Å². The van der Waals surface area contributed by atoms with Gasteiger partial charge in [0.15, 0.2) is 0 Å². The van der Waals surface area contributed by atoms with E-state index in [1.807, 2.05) is 61.5 Å². The van der Waals surface area contributed by atoms with E-state index in [1.54, 1.807) is 14.1 Å². The van der Waals surface area contributed by atoms with Gasteiger partial charge in [-0.05, 0) is 47.9 Å². The third-order valence-corrected chi connectivity index (χ3v) is 6.66. The molecule has 0 aromatic heterocycles. The Hall–Kier alpha value is -3.79. The van der Waals surface area contributed by atoms with Crippen LogP contribution in [0.15, 0.2) is 59.6 Å². The lowest BCUT2D eigenvalue weighted by Gasteiger charge is -2.33. The minimum Gasteiger partial charge on any atom is -0.493 e. The molecule has 2 rings (SSSR count). The molecular formula is C30H44N4O6. The standard InChI is InChI=1S/C30H44N4O6/c1-21(18-30(3,4)22(2)40-34-28(31-5)32-6)19-38-25-15-13-23(14-16-25)17-26(27(35)37-7)33-29(36)39-20-24-11-9-8-10-12-24/h8-16,21-22,26H,17-20H2,1-7H3,(H,33,36)(H2,31,32,34)/t21?,22?,26-/m0/s1. The van der Waals surface area contributed by atoms with Gasteiger partial charge in [-0.3, -0.25) is 9.83 Å². The van der Waals surface area contributed by atoms with Crippen molar-refractivity contribution in [1.82, 2.24) is 16.1 Å². The van der Waals surface area contributed by atoms with E-state index in [1.165, 1.54) is 7.11 Å². The zero-order chi connectivity index (χ0) is 29.5. The van der Waals surface area contributed by atoms with E-state index >= 15 is 0 Å². The number of benzene rings is 2. The molecule has 10 heteroatoms. The van der Waals surface area contributed by atoms with Crippen LogP contribution in [0, 0.1) is 11.3 Å². The predicted octanol–water partition coefficient (Wildman–Crippen LogP) is 4.24. The van der Waals surface area contributed by atoms with Crippen LogP contribution < -0.4 is 20.9 Å². The lowest BCUT2D eigenvalue weighted by molar-refractivity contribution is -0.143. The molecule has 0 aliphatic heterocycles. The summed E-state index contributed by atoms with van der Waals surface area (Å²) in [5, 5.41) is 5.53. The van der Waals surface area contributed by atoms with Crippen molar-refractivity contribution in [3.63, 3.8) is 0 Å².